The SMILES string of the molecule is O=C(OCc1cn(-c2ccccc2)nc1-c1ccccc1)c1cccnc1. The normalized spacial score (nSPS) is 10.5. The summed E-state index contributed by atoms with van der Waals surface area (Å²) in [4.78, 5) is 16.2. The zero-order chi connectivity index (χ0) is 18.5. The van der Waals surface area contributed by atoms with Gasteiger partial charge in [-0.3, -0.25) is 4.98 Å². The zero-order valence-corrected chi connectivity index (χ0v) is 14.5. The van der Waals surface area contributed by atoms with Crippen LogP contribution in [0.2, 0.25) is 0 Å². The number of benzene rings is 2. The van der Waals surface area contributed by atoms with Crippen molar-refractivity contribution in [3.05, 3.63) is 103 Å². The molecule has 27 heavy (non-hydrogen) atoms. The van der Waals surface area contributed by atoms with Crippen molar-refractivity contribution in [3.63, 3.8) is 0 Å². The van der Waals surface area contributed by atoms with Crippen LogP contribution in [0.25, 0.3) is 16.9 Å². The Morgan fingerprint density at radius 2 is 1.67 bits per heavy atom. The minimum Gasteiger partial charge on any atom is -0.457 e. The highest BCUT2D eigenvalue weighted by molar-refractivity contribution is 5.88. The fourth-order valence-corrected chi connectivity index (χ4v) is 2.78. The maximum absolute atomic E-state index is 12.3. The first kappa shape index (κ1) is 16.7. The van der Waals surface area contributed by atoms with E-state index >= 15 is 0 Å². The number of carbonyl (C=O) groups is 1. The van der Waals surface area contributed by atoms with E-state index in [1.54, 1.807) is 23.0 Å². The van der Waals surface area contributed by atoms with Gasteiger partial charge in [0.15, 0.2) is 0 Å². The van der Waals surface area contributed by atoms with Gasteiger partial charge in [0.1, 0.15) is 6.61 Å². The van der Waals surface area contributed by atoms with Crippen LogP contribution < -0.4 is 0 Å². The molecule has 0 atom stereocenters. The standard InChI is InChI=1S/C22H17N3O2/c26-22(18-10-7-13-23-14-18)27-16-19-15-25(20-11-5-2-6-12-20)24-21(19)17-8-3-1-4-9-17/h1-15H,16H2. The third-order valence-electron chi connectivity index (χ3n) is 4.11. The van der Waals surface area contributed by atoms with Crippen LogP contribution >= 0.6 is 0 Å². The molecule has 0 unspecified atom stereocenters. The first-order valence-electron chi connectivity index (χ1n) is 8.58. The zero-order valence-electron chi connectivity index (χ0n) is 14.5. The lowest BCUT2D eigenvalue weighted by Gasteiger charge is -2.05. The van der Waals surface area contributed by atoms with E-state index in [0.717, 1.165) is 22.5 Å². The van der Waals surface area contributed by atoms with Crippen molar-refractivity contribution >= 4 is 5.97 Å². The number of hydrogen-bond donors (Lipinski definition) is 0. The Hall–Kier alpha value is -3.73. The maximum atomic E-state index is 12.3. The van der Waals surface area contributed by atoms with Gasteiger partial charge < -0.3 is 4.74 Å². The molecular weight excluding hydrogens is 338 g/mol. The molecule has 132 valence electrons. The molecule has 0 aliphatic heterocycles. The highest BCUT2D eigenvalue weighted by atomic mass is 16.5. The van der Waals surface area contributed by atoms with Gasteiger partial charge in [0, 0.05) is 29.7 Å². The van der Waals surface area contributed by atoms with E-state index in [-0.39, 0.29) is 6.61 Å². The van der Waals surface area contributed by atoms with E-state index in [2.05, 4.69) is 4.98 Å². The molecule has 0 aliphatic rings. The maximum Gasteiger partial charge on any atom is 0.340 e. The second-order valence-electron chi connectivity index (χ2n) is 5.97. The third kappa shape index (κ3) is 3.77. The van der Waals surface area contributed by atoms with Crippen LogP contribution in [0.15, 0.2) is 91.4 Å². The summed E-state index contributed by atoms with van der Waals surface area (Å²) in [5.74, 6) is -0.408. The average Bonchev–Trinajstić information content (AvgIpc) is 3.18. The van der Waals surface area contributed by atoms with Crippen molar-refractivity contribution in [2.45, 2.75) is 6.61 Å². The molecule has 5 heteroatoms. The number of carbonyl (C=O) groups excluding carboxylic acids is 1. The van der Waals surface area contributed by atoms with E-state index < -0.39 is 5.97 Å². The molecule has 0 spiro atoms. The molecule has 2 heterocycles. The predicted molar refractivity (Wildman–Crippen MR) is 102 cm³/mol. The van der Waals surface area contributed by atoms with Gasteiger partial charge in [0.25, 0.3) is 0 Å². The number of para-hydroxylation sites is 1. The van der Waals surface area contributed by atoms with Gasteiger partial charge in [-0.1, -0.05) is 48.5 Å². The summed E-state index contributed by atoms with van der Waals surface area (Å²) < 4.78 is 7.29. The molecule has 4 rings (SSSR count). The van der Waals surface area contributed by atoms with Gasteiger partial charge in [-0.25, -0.2) is 9.48 Å². The van der Waals surface area contributed by atoms with Crippen molar-refractivity contribution in [1.29, 1.82) is 0 Å². The van der Waals surface area contributed by atoms with E-state index in [1.165, 1.54) is 6.20 Å². The first-order valence-corrected chi connectivity index (χ1v) is 8.58. The number of hydrogen-bond acceptors (Lipinski definition) is 4. The predicted octanol–water partition coefficient (Wildman–Crippen LogP) is 4.29. The van der Waals surface area contributed by atoms with Crippen LogP contribution in [0, 0.1) is 0 Å². The number of esters is 1. The van der Waals surface area contributed by atoms with Gasteiger partial charge >= 0.3 is 5.97 Å². The molecule has 0 fully saturated rings. The van der Waals surface area contributed by atoms with Crippen LogP contribution in [-0.2, 0) is 11.3 Å². The molecule has 0 radical (unpaired) electrons. The summed E-state index contributed by atoms with van der Waals surface area (Å²) in [5.41, 5.74) is 3.97. The van der Waals surface area contributed by atoms with E-state index in [9.17, 15) is 4.79 Å². The Balaban J connectivity index is 1.64. The van der Waals surface area contributed by atoms with Crippen molar-refractivity contribution in [3.8, 4) is 16.9 Å². The fraction of sp³-hybridized carbons (Fsp3) is 0.0455. The Kier molecular flexibility index (Phi) is 4.74. The Labute approximate surface area is 156 Å². The smallest absolute Gasteiger partial charge is 0.340 e. The lowest BCUT2D eigenvalue weighted by molar-refractivity contribution is 0.0473. The second kappa shape index (κ2) is 7.66. The highest BCUT2D eigenvalue weighted by Crippen LogP contribution is 2.24. The average molecular weight is 355 g/mol. The number of aromatic nitrogens is 3. The van der Waals surface area contributed by atoms with Crippen LogP contribution in [0.4, 0.5) is 0 Å². The molecule has 0 aliphatic carbocycles. The van der Waals surface area contributed by atoms with E-state index in [0.29, 0.717) is 5.56 Å². The molecule has 5 nitrogen and oxygen atoms in total. The van der Waals surface area contributed by atoms with Gasteiger partial charge in [0.2, 0.25) is 0 Å². The van der Waals surface area contributed by atoms with Gasteiger partial charge in [-0.05, 0) is 24.3 Å². The summed E-state index contributed by atoms with van der Waals surface area (Å²) in [6, 6.07) is 23.1. The Bertz CT molecular complexity index is 1030. The number of nitrogens with zero attached hydrogens (tertiary/aromatic N) is 3. The summed E-state index contributed by atoms with van der Waals surface area (Å²) in [6.45, 7) is 0.130. The van der Waals surface area contributed by atoms with Crippen LogP contribution in [0.1, 0.15) is 15.9 Å². The molecule has 2 aromatic heterocycles. The summed E-state index contributed by atoms with van der Waals surface area (Å²) in [6.07, 6.45) is 5.01. The van der Waals surface area contributed by atoms with E-state index in [4.69, 9.17) is 9.84 Å². The third-order valence-corrected chi connectivity index (χ3v) is 4.11. The number of pyridine rings is 1. The highest BCUT2D eigenvalue weighted by Gasteiger charge is 2.15. The number of rotatable bonds is 5. The first-order chi connectivity index (χ1) is 13.3. The van der Waals surface area contributed by atoms with Crippen molar-refractivity contribution < 1.29 is 9.53 Å². The summed E-state index contributed by atoms with van der Waals surface area (Å²) in [5, 5.41) is 4.71. The van der Waals surface area contributed by atoms with Crippen molar-refractivity contribution in [2.75, 3.05) is 0 Å². The van der Waals surface area contributed by atoms with Gasteiger partial charge in [-0.15, -0.1) is 0 Å². The van der Waals surface area contributed by atoms with E-state index in [1.807, 2.05) is 66.9 Å². The topological polar surface area (TPSA) is 57.0 Å². The van der Waals surface area contributed by atoms with Crippen LogP contribution in [0.3, 0.4) is 0 Å². The van der Waals surface area contributed by atoms with Gasteiger partial charge in [-0.2, -0.15) is 5.10 Å². The molecular formula is C22H17N3O2. The molecule has 0 saturated heterocycles. The Morgan fingerprint density at radius 3 is 2.37 bits per heavy atom. The quantitative estimate of drug-likeness (QED) is 0.501. The molecule has 0 amide bonds. The van der Waals surface area contributed by atoms with Crippen LogP contribution in [0.5, 0.6) is 0 Å². The van der Waals surface area contributed by atoms with Crippen LogP contribution in [-0.4, -0.2) is 20.7 Å². The monoisotopic (exact) mass is 355 g/mol. The Morgan fingerprint density at radius 1 is 0.926 bits per heavy atom. The molecule has 4 aromatic rings. The fourth-order valence-electron chi connectivity index (χ4n) is 2.78. The van der Waals surface area contributed by atoms with Gasteiger partial charge in [0.05, 0.1) is 16.9 Å². The number of ether oxygens (including phenoxy) is 1. The molecule has 0 N–H and O–H groups in total. The molecule has 2 aromatic carbocycles. The van der Waals surface area contributed by atoms with Crippen molar-refractivity contribution in [2.24, 2.45) is 0 Å². The lowest BCUT2D eigenvalue weighted by Crippen LogP contribution is -2.05. The molecule has 0 bridgehead atoms. The second-order valence-corrected chi connectivity index (χ2v) is 5.97. The minimum absolute atomic E-state index is 0.130. The summed E-state index contributed by atoms with van der Waals surface area (Å²) in [7, 11) is 0. The largest absolute Gasteiger partial charge is 0.457 e. The lowest BCUT2D eigenvalue weighted by atomic mass is 10.1. The minimum atomic E-state index is -0.408. The van der Waals surface area contributed by atoms with Crippen molar-refractivity contribution in [1.82, 2.24) is 14.8 Å². The molecule has 0 saturated carbocycles. The summed E-state index contributed by atoms with van der Waals surface area (Å²) >= 11 is 0.